The van der Waals surface area contributed by atoms with Crippen LogP contribution in [0.4, 0.5) is 5.82 Å². The number of hydrogen-bond donors (Lipinski definition) is 1. The molecule has 0 aromatic carbocycles. The summed E-state index contributed by atoms with van der Waals surface area (Å²) < 4.78 is 0. The van der Waals surface area contributed by atoms with Crippen LogP contribution in [-0.2, 0) is 0 Å². The van der Waals surface area contributed by atoms with E-state index in [1.165, 1.54) is 0 Å². The van der Waals surface area contributed by atoms with Gasteiger partial charge in [-0.25, -0.2) is 4.98 Å². The van der Waals surface area contributed by atoms with Crippen molar-refractivity contribution in [3.8, 4) is 16.6 Å². The SMILES string of the molecule is CCNc1nc(-c2cccs2)c(C)cc1C#N. The van der Waals surface area contributed by atoms with E-state index in [1.54, 1.807) is 11.3 Å². The number of nitrogens with zero attached hydrogens (tertiary/aromatic N) is 2. The molecule has 0 fully saturated rings. The standard InChI is InChI=1S/C13H13N3S/c1-3-15-13-10(8-14)7-9(2)12(16-13)11-5-4-6-17-11/h4-7H,3H2,1-2H3,(H,15,16). The van der Waals surface area contributed by atoms with Crippen LogP contribution in [0, 0.1) is 18.3 Å². The van der Waals surface area contributed by atoms with E-state index >= 15 is 0 Å². The van der Waals surface area contributed by atoms with Crippen LogP contribution in [0.25, 0.3) is 10.6 Å². The average molecular weight is 243 g/mol. The van der Waals surface area contributed by atoms with Crippen molar-refractivity contribution < 1.29 is 0 Å². The molecule has 0 atom stereocenters. The molecule has 0 saturated heterocycles. The van der Waals surface area contributed by atoms with E-state index in [-0.39, 0.29) is 0 Å². The summed E-state index contributed by atoms with van der Waals surface area (Å²) in [6.07, 6.45) is 0. The third-order valence-corrected chi connectivity index (χ3v) is 3.31. The Bertz CT molecular complexity index is 553. The van der Waals surface area contributed by atoms with Crippen LogP contribution in [0.2, 0.25) is 0 Å². The van der Waals surface area contributed by atoms with Gasteiger partial charge in [0.05, 0.1) is 16.1 Å². The Hall–Kier alpha value is -1.86. The van der Waals surface area contributed by atoms with Crippen LogP contribution >= 0.6 is 11.3 Å². The minimum atomic E-state index is 0.602. The lowest BCUT2D eigenvalue weighted by Crippen LogP contribution is -2.03. The predicted molar refractivity (Wildman–Crippen MR) is 71.2 cm³/mol. The molecule has 4 heteroatoms. The second-order valence-corrected chi connectivity index (χ2v) is 4.62. The largest absolute Gasteiger partial charge is 0.369 e. The van der Waals surface area contributed by atoms with Crippen LogP contribution in [0.1, 0.15) is 18.1 Å². The molecular formula is C13H13N3S. The Morgan fingerprint density at radius 3 is 2.94 bits per heavy atom. The molecule has 0 amide bonds. The molecule has 0 unspecified atom stereocenters. The second-order valence-electron chi connectivity index (χ2n) is 3.67. The Morgan fingerprint density at radius 2 is 2.35 bits per heavy atom. The summed E-state index contributed by atoms with van der Waals surface area (Å²) >= 11 is 1.66. The van der Waals surface area contributed by atoms with Crippen LogP contribution in [0.5, 0.6) is 0 Å². The number of aromatic nitrogens is 1. The van der Waals surface area contributed by atoms with Crippen LogP contribution in [-0.4, -0.2) is 11.5 Å². The van der Waals surface area contributed by atoms with Gasteiger partial charge < -0.3 is 5.32 Å². The van der Waals surface area contributed by atoms with E-state index in [2.05, 4.69) is 16.4 Å². The lowest BCUT2D eigenvalue weighted by molar-refractivity contribution is 1.14. The topological polar surface area (TPSA) is 48.7 Å². The predicted octanol–water partition coefficient (Wildman–Crippen LogP) is 3.42. The Balaban J connectivity index is 2.55. The molecule has 3 nitrogen and oxygen atoms in total. The lowest BCUT2D eigenvalue weighted by atomic mass is 10.1. The highest BCUT2D eigenvalue weighted by Gasteiger charge is 2.10. The van der Waals surface area contributed by atoms with E-state index in [1.807, 2.05) is 37.4 Å². The van der Waals surface area contributed by atoms with Crippen molar-refractivity contribution in [1.82, 2.24) is 4.98 Å². The molecule has 0 radical (unpaired) electrons. The van der Waals surface area contributed by atoms with Crippen molar-refractivity contribution in [2.75, 3.05) is 11.9 Å². The number of hydrogen-bond acceptors (Lipinski definition) is 4. The zero-order chi connectivity index (χ0) is 12.3. The second kappa shape index (κ2) is 4.98. The van der Waals surface area contributed by atoms with Crippen molar-refractivity contribution in [1.29, 1.82) is 5.26 Å². The highest BCUT2D eigenvalue weighted by Crippen LogP contribution is 2.28. The third kappa shape index (κ3) is 2.29. The van der Waals surface area contributed by atoms with E-state index in [9.17, 15) is 0 Å². The first kappa shape index (κ1) is 11.6. The van der Waals surface area contributed by atoms with Gasteiger partial charge in [0.25, 0.3) is 0 Å². The van der Waals surface area contributed by atoms with E-state index < -0.39 is 0 Å². The number of nitrogens with one attached hydrogen (secondary N) is 1. The molecule has 17 heavy (non-hydrogen) atoms. The quantitative estimate of drug-likeness (QED) is 0.898. The number of anilines is 1. The van der Waals surface area contributed by atoms with Crippen molar-refractivity contribution in [2.45, 2.75) is 13.8 Å². The summed E-state index contributed by atoms with van der Waals surface area (Å²) in [5.41, 5.74) is 2.59. The normalized spacial score (nSPS) is 9.94. The smallest absolute Gasteiger partial charge is 0.144 e. The summed E-state index contributed by atoms with van der Waals surface area (Å²) in [5, 5.41) is 14.2. The van der Waals surface area contributed by atoms with Crippen LogP contribution < -0.4 is 5.32 Å². The number of thiophene rings is 1. The molecule has 2 rings (SSSR count). The number of nitriles is 1. The van der Waals surface area contributed by atoms with Gasteiger partial charge in [-0.3, -0.25) is 0 Å². The maximum Gasteiger partial charge on any atom is 0.144 e. The molecule has 0 saturated carbocycles. The first-order valence-corrected chi connectivity index (χ1v) is 6.33. The van der Waals surface area contributed by atoms with Gasteiger partial charge >= 0.3 is 0 Å². The van der Waals surface area contributed by atoms with E-state index in [0.29, 0.717) is 11.4 Å². The Morgan fingerprint density at radius 1 is 1.53 bits per heavy atom. The zero-order valence-corrected chi connectivity index (χ0v) is 10.6. The van der Waals surface area contributed by atoms with Gasteiger partial charge in [0.1, 0.15) is 11.9 Å². The molecule has 2 aromatic heterocycles. The molecule has 0 aliphatic heterocycles. The molecule has 0 spiro atoms. The van der Waals surface area contributed by atoms with Gasteiger partial charge in [0.2, 0.25) is 0 Å². The maximum atomic E-state index is 9.06. The van der Waals surface area contributed by atoms with E-state index in [0.717, 1.165) is 22.7 Å². The molecule has 86 valence electrons. The van der Waals surface area contributed by atoms with Crippen LogP contribution in [0.15, 0.2) is 23.6 Å². The molecule has 0 bridgehead atoms. The minimum absolute atomic E-state index is 0.602. The van der Waals surface area contributed by atoms with Gasteiger partial charge in [-0.05, 0) is 36.9 Å². The number of rotatable bonds is 3. The summed E-state index contributed by atoms with van der Waals surface area (Å²) in [6.45, 7) is 4.74. The summed E-state index contributed by atoms with van der Waals surface area (Å²) in [4.78, 5) is 5.68. The summed E-state index contributed by atoms with van der Waals surface area (Å²) in [7, 11) is 0. The molecular weight excluding hydrogens is 230 g/mol. The minimum Gasteiger partial charge on any atom is -0.369 e. The van der Waals surface area contributed by atoms with Gasteiger partial charge in [-0.1, -0.05) is 6.07 Å². The number of pyridine rings is 1. The molecule has 2 heterocycles. The van der Waals surface area contributed by atoms with Gasteiger partial charge in [-0.2, -0.15) is 5.26 Å². The monoisotopic (exact) mass is 243 g/mol. The summed E-state index contributed by atoms with van der Waals surface area (Å²) in [5.74, 6) is 0.670. The third-order valence-electron chi connectivity index (χ3n) is 2.43. The van der Waals surface area contributed by atoms with Gasteiger partial charge in [0.15, 0.2) is 0 Å². The Kier molecular flexibility index (Phi) is 3.40. The Labute approximate surface area is 105 Å². The van der Waals surface area contributed by atoms with Gasteiger partial charge in [-0.15, -0.1) is 11.3 Å². The van der Waals surface area contributed by atoms with Crippen molar-refractivity contribution in [3.63, 3.8) is 0 Å². The van der Waals surface area contributed by atoms with E-state index in [4.69, 9.17) is 5.26 Å². The molecule has 0 aliphatic carbocycles. The first-order chi connectivity index (χ1) is 8.26. The van der Waals surface area contributed by atoms with Crippen molar-refractivity contribution in [2.24, 2.45) is 0 Å². The average Bonchev–Trinajstić information content (AvgIpc) is 2.84. The summed E-state index contributed by atoms with van der Waals surface area (Å²) in [6, 6.07) is 8.11. The first-order valence-electron chi connectivity index (χ1n) is 5.45. The van der Waals surface area contributed by atoms with Crippen molar-refractivity contribution >= 4 is 17.2 Å². The number of aryl methyl sites for hydroxylation is 1. The fraction of sp³-hybridized carbons (Fsp3) is 0.231. The fourth-order valence-corrected chi connectivity index (χ4v) is 2.44. The lowest BCUT2D eigenvalue weighted by Gasteiger charge is -2.09. The highest BCUT2D eigenvalue weighted by atomic mass is 32.1. The highest BCUT2D eigenvalue weighted by molar-refractivity contribution is 7.13. The molecule has 1 N–H and O–H groups in total. The molecule has 0 aliphatic rings. The zero-order valence-electron chi connectivity index (χ0n) is 9.82. The molecule has 2 aromatic rings. The fourth-order valence-electron chi connectivity index (χ4n) is 1.66. The van der Waals surface area contributed by atoms with Crippen molar-refractivity contribution in [3.05, 3.63) is 34.7 Å². The maximum absolute atomic E-state index is 9.06. The van der Waals surface area contributed by atoms with Gasteiger partial charge in [0, 0.05) is 6.54 Å². The van der Waals surface area contributed by atoms with Crippen LogP contribution in [0.3, 0.4) is 0 Å².